The van der Waals surface area contributed by atoms with Gasteiger partial charge in [-0.3, -0.25) is 4.79 Å². The average Bonchev–Trinajstić information content (AvgIpc) is 3.06. The molecule has 1 fully saturated rings. The Bertz CT molecular complexity index is 563. The van der Waals surface area contributed by atoms with Crippen molar-refractivity contribution in [2.24, 2.45) is 0 Å². The van der Waals surface area contributed by atoms with Crippen LogP contribution in [-0.2, 0) is 20.7 Å². The minimum Gasteiger partial charge on any atom is -0.465 e. The number of hydrogen-bond donors (Lipinski definition) is 0. The molecule has 1 amide bonds. The molecule has 21 heavy (non-hydrogen) atoms. The predicted octanol–water partition coefficient (Wildman–Crippen LogP) is 1.93. The van der Waals surface area contributed by atoms with Crippen LogP contribution in [0.3, 0.4) is 0 Å². The molecule has 0 spiro atoms. The number of hydrogen-bond acceptors (Lipinski definition) is 4. The highest BCUT2D eigenvalue weighted by atomic mass is 16.5. The van der Waals surface area contributed by atoms with Crippen LogP contribution in [-0.4, -0.2) is 38.2 Å². The molecular weight excluding hydrogens is 270 g/mol. The van der Waals surface area contributed by atoms with E-state index in [1.807, 2.05) is 6.07 Å². The average molecular weight is 289 g/mol. The number of anilines is 1. The standard InChI is InChI=1S/C16H19NO4/c1-20-16(19)12-5-2-7-13-11(12)6-3-9-17(13)15(18)14-8-4-10-21-14/h2,5,7,14H,3-4,6,8-10H2,1H3. The van der Waals surface area contributed by atoms with Gasteiger partial charge in [-0.05, 0) is 43.4 Å². The van der Waals surface area contributed by atoms with Crippen molar-refractivity contribution in [3.05, 3.63) is 29.3 Å². The third-order valence-electron chi connectivity index (χ3n) is 4.13. The molecule has 1 aromatic rings. The molecule has 5 heteroatoms. The normalized spacial score (nSPS) is 21.0. The molecule has 1 aromatic carbocycles. The molecule has 1 saturated heterocycles. The molecule has 0 saturated carbocycles. The Balaban J connectivity index is 1.94. The molecule has 2 heterocycles. The van der Waals surface area contributed by atoms with E-state index in [4.69, 9.17) is 9.47 Å². The van der Waals surface area contributed by atoms with E-state index >= 15 is 0 Å². The van der Waals surface area contributed by atoms with Crippen LogP contribution in [0.4, 0.5) is 5.69 Å². The fourth-order valence-corrected chi connectivity index (χ4v) is 3.10. The van der Waals surface area contributed by atoms with Crippen LogP contribution in [0.15, 0.2) is 18.2 Å². The van der Waals surface area contributed by atoms with Gasteiger partial charge in [-0.25, -0.2) is 4.79 Å². The second-order valence-electron chi connectivity index (χ2n) is 5.39. The zero-order valence-corrected chi connectivity index (χ0v) is 12.1. The summed E-state index contributed by atoms with van der Waals surface area (Å²) in [5, 5.41) is 0. The molecule has 2 aliphatic heterocycles. The second kappa shape index (κ2) is 5.85. The van der Waals surface area contributed by atoms with Gasteiger partial charge in [0.1, 0.15) is 6.10 Å². The van der Waals surface area contributed by atoms with Gasteiger partial charge in [0.25, 0.3) is 5.91 Å². The zero-order valence-electron chi connectivity index (χ0n) is 12.1. The van der Waals surface area contributed by atoms with E-state index in [2.05, 4.69) is 0 Å². The highest BCUT2D eigenvalue weighted by molar-refractivity contribution is 6.00. The quantitative estimate of drug-likeness (QED) is 0.781. The van der Waals surface area contributed by atoms with Crippen molar-refractivity contribution in [2.45, 2.75) is 31.8 Å². The van der Waals surface area contributed by atoms with Crippen molar-refractivity contribution in [3.63, 3.8) is 0 Å². The van der Waals surface area contributed by atoms with Crippen molar-refractivity contribution >= 4 is 17.6 Å². The first kappa shape index (κ1) is 14.1. The number of amides is 1. The number of esters is 1. The fourth-order valence-electron chi connectivity index (χ4n) is 3.10. The first-order chi connectivity index (χ1) is 10.2. The zero-order chi connectivity index (χ0) is 14.8. The molecule has 112 valence electrons. The summed E-state index contributed by atoms with van der Waals surface area (Å²) in [7, 11) is 1.37. The lowest BCUT2D eigenvalue weighted by Gasteiger charge is -2.32. The first-order valence-corrected chi connectivity index (χ1v) is 7.35. The van der Waals surface area contributed by atoms with Gasteiger partial charge in [0.2, 0.25) is 0 Å². The topological polar surface area (TPSA) is 55.8 Å². The van der Waals surface area contributed by atoms with Gasteiger partial charge >= 0.3 is 5.97 Å². The van der Waals surface area contributed by atoms with Crippen molar-refractivity contribution in [1.29, 1.82) is 0 Å². The van der Waals surface area contributed by atoms with E-state index in [1.165, 1.54) is 7.11 Å². The Kier molecular flexibility index (Phi) is 3.92. The summed E-state index contributed by atoms with van der Waals surface area (Å²) in [6.45, 7) is 1.33. The molecule has 0 bridgehead atoms. The smallest absolute Gasteiger partial charge is 0.338 e. The fraction of sp³-hybridized carbons (Fsp3) is 0.500. The van der Waals surface area contributed by atoms with Crippen molar-refractivity contribution in [3.8, 4) is 0 Å². The molecule has 0 radical (unpaired) electrons. The summed E-state index contributed by atoms with van der Waals surface area (Å²) >= 11 is 0. The third-order valence-corrected chi connectivity index (χ3v) is 4.13. The van der Waals surface area contributed by atoms with Gasteiger partial charge in [-0.15, -0.1) is 0 Å². The molecule has 0 N–H and O–H groups in total. The predicted molar refractivity (Wildman–Crippen MR) is 77.4 cm³/mol. The van der Waals surface area contributed by atoms with Crippen LogP contribution in [0.5, 0.6) is 0 Å². The second-order valence-corrected chi connectivity index (χ2v) is 5.39. The van der Waals surface area contributed by atoms with Gasteiger partial charge in [-0.1, -0.05) is 6.07 Å². The molecule has 0 aromatic heterocycles. The number of benzene rings is 1. The van der Waals surface area contributed by atoms with Crippen LogP contribution < -0.4 is 4.90 Å². The van der Waals surface area contributed by atoms with Gasteiger partial charge in [0.15, 0.2) is 0 Å². The van der Waals surface area contributed by atoms with Crippen LogP contribution in [0.25, 0.3) is 0 Å². The summed E-state index contributed by atoms with van der Waals surface area (Å²) in [4.78, 5) is 26.2. The maximum Gasteiger partial charge on any atom is 0.338 e. The number of carbonyl (C=O) groups is 2. The molecule has 5 nitrogen and oxygen atoms in total. The number of carbonyl (C=O) groups excluding carboxylic acids is 2. The molecule has 1 unspecified atom stereocenters. The number of ether oxygens (including phenoxy) is 2. The molecular formula is C16H19NO4. The van der Waals surface area contributed by atoms with Gasteiger partial charge < -0.3 is 14.4 Å². The van der Waals surface area contributed by atoms with Crippen LogP contribution in [0, 0.1) is 0 Å². The lowest BCUT2D eigenvalue weighted by Crippen LogP contribution is -2.42. The molecule has 3 rings (SSSR count). The summed E-state index contributed by atoms with van der Waals surface area (Å²) in [5.74, 6) is -0.339. The van der Waals surface area contributed by atoms with E-state index in [-0.39, 0.29) is 18.0 Å². The SMILES string of the molecule is COC(=O)c1cccc2c1CCCN2C(=O)C1CCCO1. The van der Waals surface area contributed by atoms with E-state index in [0.29, 0.717) is 18.7 Å². The number of methoxy groups -OCH3 is 1. The Morgan fingerprint density at radius 2 is 2.19 bits per heavy atom. The Labute approximate surface area is 123 Å². The number of nitrogens with zero attached hydrogens (tertiary/aromatic N) is 1. The monoisotopic (exact) mass is 289 g/mol. The minimum atomic E-state index is -0.349. The van der Waals surface area contributed by atoms with E-state index < -0.39 is 0 Å². The highest BCUT2D eigenvalue weighted by Gasteiger charge is 2.32. The van der Waals surface area contributed by atoms with Crippen LogP contribution in [0.1, 0.15) is 35.2 Å². The molecule has 2 aliphatic rings. The third kappa shape index (κ3) is 2.53. The lowest BCUT2D eigenvalue weighted by atomic mass is 9.95. The van der Waals surface area contributed by atoms with Crippen LogP contribution >= 0.6 is 0 Å². The Morgan fingerprint density at radius 3 is 2.90 bits per heavy atom. The Morgan fingerprint density at radius 1 is 1.33 bits per heavy atom. The van der Waals surface area contributed by atoms with E-state index in [1.54, 1.807) is 17.0 Å². The van der Waals surface area contributed by atoms with Crippen molar-refractivity contribution in [1.82, 2.24) is 0 Å². The largest absolute Gasteiger partial charge is 0.465 e. The van der Waals surface area contributed by atoms with E-state index in [9.17, 15) is 9.59 Å². The first-order valence-electron chi connectivity index (χ1n) is 7.35. The van der Waals surface area contributed by atoms with Gasteiger partial charge in [0.05, 0.1) is 12.7 Å². The minimum absolute atomic E-state index is 0.00969. The summed E-state index contributed by atoms with van der Waals surface area (Å²) in [5.41, 5.74) is 2.28. The number of rotatable bonds is 2. The number of fused-ring (bicyclic) bond motifs is 1. The van der Waals surface area contributed by atoms with E-state index in [0.717, 1.165) is 36.9 Å². The highest BCUT2D eigenvalue weighted by Crippen LogP contribution is 2.31. The van der Waals surface area contributed by atoms with Crippen LogP contribution in [0.2, 0.25) is 0 Å². The summed E-state index contributed by atoms with van der Waals surface area (Å²) in [6, 6.07) is 5.45. The maximum absolute atomic E-state index is 12.6. The Hall–Kier alpha value is -1.88. The molecule has 1 atom stereocenters. The summed E-state index contributed by atoms with van der Waals surface area (Å²) < 4.78 is 10.3. The summed E-state index contributed by atoms with van der Waals surface area (Å²) in [6.07, 6.45) is 3.01. The molecule has 0 aliphatic carbocycles. The lowest BCUT2D eigenvalue weighted by molar-refractivity contribution is -0.127. The van der Waals surface area contributed by atoms with Crippen molar-refractivity contribution < 1.29 is 19.1 Å². The van der Waals surface area contributed by atoms with Crippen molar-refractivity contribution in [2.75, 3.05) is 25.2 Å². The van der Waals surface area contributed by atoms with Gasteiger partial charge in [0, 0.05) is 18.8 Å². The van der Waals surface area contributed by atoms with Gasteiger partial charge in [-0.2, -0.15) is 0 Å². The maximum atomic E-state index is 12.6.